The fraction of sp³-hybridized carbons (Fsp3) is 0.636. The lowest BCUT2D eigenvalue weighted by Crippen LogP contribution is -2.59. The molecule has 17 nitrogen and oxygen atoms in total. The van der Waals surface area contributed by atoms with E-state index in [0.717, 1.165) is 21.6 Å². The Morgan fingerprint density at radius 1 is 1.02 bits per heavy atom. The van der Waals surface area contributed by atoms with Gasteiger partial charge in [0.1, 0.15) is 24.2 Å². The SMILES string of the molecule is CC(=O)N[C@H]1CSSC(C)(C)[C@@H](C(N)=O)NC(=O)[C@@H](CC(=O)O)NC(=O)CNC(=O)[C@H](CCCN=C(N)N)NC1=O. The number of aliphatic imine (C=N–C) groups is 1. The van der Waals surface area contributed by atoms with Gasteiger partial charge in [-0.1, -0.05) is 21.6 Å². The number of carbonyl (C=O) groups is 7. The number of primary amides is 1. The van der Waals surface area contributed by atoms with E-state index in [-0.39, 0.29) is 31.1 Å². The van der Waals surface area contributed by atoms with E-state index < -0.39 is 83.3 Å². The molecule has 1 rings (SSSR count). The first-order valence-electron chi connectivity index (χ1n) is 12.4. The molecule has 0 spiro atoms. The highest BCUT2D eigenvalue weighted by molar-refractivity contribution is 8.77. The van der Waals surface area contributed by atoms with E-state index in [2.05, 4.69) is 31.6 Å². The largest absolute Gasteiger partial charge is 0.481 e. The summed E-state index contributed by atoms with van der Waals surface area (Å²) in [5, 5.41) is 21.3. The number of nitrogens with one attached hydrogen (secondary N) is 5. The summed E-state index contributed by atoms with van der Waals surface area (Å²) in [4.78, 5) is 90.8. The molecule has 41 heavy (non-hydrogen) atoms. The van der Waals surface area contributed by atoms with Crippen molar-refractivity contribution in [3.05, 3.63) is 0 Å². The molecule has 19 heteroatoms. The molecule has 0 aliphatic carbocycles. The van der Waals surface area contributed by atoms with Crippen LogP contribution in [-0.4, -0.2) is 100 Å². The molecule has 4 atom stereocenters. The lowest BCUT2D eigenvalue weighted by atomic mass is 10.0. The Morgan fingerprint density at radius 3 is 2.24 bits per heavy atom. The molecule has 1 aliphatic heterocycles. The third-order valence-corrected chi connectivity index (χ3v) is 8.80. The van der Waals surface area contributed by atoms with Crippen LogP contribution in [-0.2, 0) is 33.6 Å². The molecule has 0 aromatic carbocycles. The molecule has 230 valence electrons. The lowest BCUT2D eigenvalue weighted by molar-refractivity contribution is -0.141. The van der Waals surface area contributed by atoms with E-state index in [0.29, 0.717) is 0 Å². The van der Waals surface area contributed by atoms with Crippen molar-refractivity contribution in [1.82, 2.24) is 26.6 Å². The number of amides is 6. The highest BCUT2D eigenvalue weighted by atomic mass is 33.1. The monoisotopic (exact) mass is 619 g/mol. The minimum absolute atomic E-state index is 0.0110. The van der Waals surface area contributed by atoms with Gasteiger partial charge >= 0.3 is 5.97 Å². The summed E-state index contributed by atoms with van der Waals surface area (Å²) in [5.41, 5.74) is 16.2. The molecule has 0 bridgehead atoms. The maximum atomic E-state index is 13.1. The molecule has 1 saturated heterocycles. The van der Waals surface area contributed by atoms with E-state index in [1.54, 1.807) is 13.8 Å². The Kier molecular flexibility index (Phi) is 14.2. The number of nitrogens with zero attached hydrogens (tertiary/aromatic N) is 1. The van der Waals surface area contributed by atoms with Gasteiger partial charge in [-0.3, -0.25) is 38.6 Å². The van der Waals surface area contributed by atoms with E-state index in [1.807, 2.05) is 0 Å². The van der Waals surface area contributed by atoms with E-state index in [4.69, 9.17) is 17.2 Å². The van der Waals surface area contributed by atoms with Crippen LogP contribution in [0.1, 0.15) is 40.0 Å². The van der Waals surface area contributed by atoms with Crippen LogP contribution in [0.3, 0.4) is 0 Å². The Balaban J connectivity index is 3.37. The van der Waals surface area contributed by atoms with Crippen LogP contribution in [0.25, 0.3) is 0 Å². The molecule has 6 amide bonds. The van der Waals surface area contributed by atoms with Gasteiger partial charge in [0, 0.05) is 24.0 Å². The molecular formula is C22H37N9O8S2. The Hall–Kier alpha value is -3.74. The minimum atomic E-state index is -1.60. The van der Waals surface area contributed by atoms with Crippen LogP contribution >= 0.6 is 21.6 Å². The van der Waals surface area contributed by atoms with Crippen molar-refractivity contribution in [2.24, 2.45) is 22.2 Å². The average Bonchev–Trinajstić information content (AvgIpc) is 2.84. The van der Waals surface area contributed by atoms with E-state index in [9.17, 15) is 38.7 Å². The van der Waals surface area contributed by atoms with Crippen LogP contribution in [0.4, 0.5) is 0 Å². The molecule has 1 fully saturated rings. The summed E-state index contributed by atoms with van der Waals surface area (Å²) in [7, 11) is 2.16. The summed E-state index contributed by atoms with van der Waals surface area (Å²) in [6.45, 7) is 3.85. The number of hydrogen-bond donors (Lipinski definition) is 9. The van der Waals surface area contributed by atoms with Crippen molar-refractivity contribution >= 4 is 69.0 Å². The summed E-state index contributed by atoms with van der Waals surface area (Å²) in [6, 6.07) is -5.18. The van der Waals surface area contributed by atoms with Crippen molar-refractivity contribution in [3.8, 4) is 0 Å². The standard InChI is InChI=1S/C22H37N9O8S2/c1-10(32)28-13-9-40-41-22(2,3)16(17(23)36)31-19(38)12(7-15(34)35)29-14(33)8-27-18(37)11(30-20(13)39)5-4-6-26-21(24)25/h11-13,16H,4-9H2,1-3H3,(H2,23,36)(H,27,37)(H,28,32)(H,29,33)(H,30,39)(H,31,38)(H,34,35)(H4,24,25,26)/t11-,12+,13-,16+/m0/s1. The number of rotatable bonds is 8. The Labute approximate surface area is 244 Å². The van der Waals surface area contributed by atoms with Crippen molar-refractivity contribution < 1.29 is 38.7 Å². The van der Waals surface area contributed by atoms with Gasteiger partial charge < -0.3 is 48.9 Å². The van der Waals surface area contributed by atoms with Crippen molar-refractivity contribution in [3.63, 3.8) is 0 Å². The zero-order valence-corrected chi connectivity index (χ0v) is 24.5. The first-order chi connectivity index (χ1) is 19.0. The number of nitrogens with two attached hydrogens (primary N) is 3. The number of carbonyl (C=O) groups excluding carboxylic acids is 6. The van der Waals surface area contributed by atoms with Gasteiger partial charge in [-0.2, -0.15) is 0 Å². The zero-order chi connectivity index (χ0) is 31.3. The molecule has 0 radical (unpaired) electrons. The highest BCUT2D eigenvalue weighted by Gasteiger charge is 2.39. The van der Waals surface area contributed by atoms with Crippen molar-refractivity contribution in [2.45, 2.75) is 68.9 Å². The summed E-state index contributed by atoms with van der Waals surface area (Å²) in [5.74, 6) is -6.38. The average molecular weight is 620 g/mol. The fourth-order valence-electron chi connectivity index (χ4n) is 3.53. The normalized spacial score (nSPS) is 24.4. The number of hydrogen-bond acceptors (Lipinski definition) is 10. The minimum Gasteiger partial charge on any atom is -0.481 e. The molecule has 0 saturated carbocycles. The van der Waals surface area contributed by atoms with Crippen LogP contribution in [0, 0.1) is 0 Å². The second-order valence-electron chi connectivity index (χ2n) is 9.51. The molecule has 0 aromatic rings. The smallest absolute Gasteiger partial charge is 0.305 e. The molecule has 1 heterocycles. The summed E-state index contributed by atoms with van der Waals surface area (Å²) < 4.78 is -1.10. The van der Waals surface area contributed by atoms with E-state index >= 15 is 0 Å². The topological polar surface area (TPSA) is 290 Å². The third kappa shape index (κ3) is 13.0. The van der Waals surface area contributed by atoms with Gasteiger partial charge in [0.15, 0.2) is 5.96 Å². The molecule has 0 aromatic heterocycles. The van der Waals surface area contributed by atoms with Crippen molar-refractivity contribution in [2.75, 3.05) is 18.8 Å². The summed E-state index contributed by atoms with van der Waals surface area (Å²) in [6.07, 6.45) is -0.495. The van der Waals surface area contributed by atoms with Crippen LogP contribution in [0.2, 0.25) is 0 Å². The van der Waals surface area contributed by atoms with Gasteiger partial charge in [-0.15, -0.1) is 0 Å². The van der Waals surface area contributed by atoms with Crippen LogP contribution < -0.4 is 43.8 Å². The predicted molar refractivity (Wildman–Crippen MR) is 152 cm³/mol. The number of carboxylic acids is 1. The maximum Gasteiger partial charge on any atom is 0.305 e. The van der Waals surface area contributed by atoms with Crippen LogP contribution in [0.15, 0.2) is 4.99 Å². The van der Waals surface area contributed by atoms with Gasteiger partial charge in [-0.05, 0) is 26.7 Å². The third-order valence-electron chi connectivity index (χ3n) is 5.50. The first-order valence-corrected chi connectivity index (χ1v) is 14.7. The highest BCUT2D eigenvalue weighted by Crippen LogP contribution is 2.38. The van der Waals surface area contributed by atoms with Gasteiger partial charge in [0.25, 0.3) is 0 Å². The van der Waals surface area contributed by atoms with Gasteiger partial charge in [0.05, 0.1) is 13.0 Å². The molecule has 0 unspecified atom stereocenters. The lowest BCUT2D eigenvalue weighted by Gasteiger charge is -2.33. The molecule has 1 aliphatic rings. The maximum absolute atomic E-state index is 13.1. The summed E-state index contributed by atoms with van der Waals surface area (Å²) >= 11 is 0. The Bertz CT molecular complexity index is 1050. The quantitative estimate of drug-likeness (QED) is 0.0548. The number of guanidine groups is 1. The predicted octanol–water partition coefficient (Wildman–Crippen LogP) is -3.75. The number of carboxylic acid groups (broad SMARTS) is 1. The Morgan fingerprint density at radius 2 is 1.68 bits per heavy atom. The zero-order valence-electron chi connectivity index (χ0n) is 22.9. The second-order valence-corrected chi connectivity index (χ2v) is 12.5. The molecule has 12 N–H and O–H groups in total. The van der Waals surface area contributed by atoms with Crippen molar-refractivity contribution in [1.29, 1.82) is 0 Å². The first kappa shape index (κ1) is 35.3. The van der Waals surface area contributed by atoms with E-state index in [1.165, 1.54) is 6.92 Å². The second kappa shape index (κ2) is 16.5. The fourth-order valence-corrected chi connectivity index (χ4v) is 6.35. The molecular weight excluding hydrogens is 582 g/mol. The number of aliphatic carboxylic acids is 1. The van der Waals surface area contributed by atoms with Gasteiger partial charge in [0.2, 0.25) is 35.4 Å². The van der Waals surface area contributed by atoms with Crippen LogP contribution in [0.5, 0.6) is 0 Å². The van der Waals surface area contributed by atoms with Gasteiger partial charge in [-0.25, -0.2) is 0 Å².